The van der Waals surface area contributed by atoms with Crippen molar-refractivity contribution in [1.29, 1.82) is 0 Å². The van der Waals surface area contributed by atoms with Crippen LogP contribution in [-0.4, -0.2) is 18.0 Å². The minimum Gasteiger partial charge on any atom is -0.467 e. The molecule has 0 saturated heterocycles. The van der Waals surface area contributed by atoms with Gasteiger partial charge in [-0.3, -0.25) is 0 Å². The van der Waals surface area contributed by atoms with E-state index in [1.165, 1.54) is 5.56 Å². The summed E-state index contributed by atoms with van der Waals surface area (Å²) in [6, 6.07) is 9.37. The Hall–Kier alpha value is -2.23. The van der Waals surface area contributed by atoms with Crippen molar-refractivity contribution in [3.63, 3.8) is 0 Å². The lowest BCUT2D eigenvalue weighted by Gasteiger charge is -2.17. The average Bonchev–Trinajstić information content (AvgIpc) is 2.86. The van der Waals surface area contributed by atoms with Gasteiger partial charge in [0.05, 0.1) is 12.8 Å². The Morgan fingerprint density at radius 2 is 2.05 bits per heavy atom. The number of amides is 2. The second-order valence-corrected chi connectivity index (χ2v) is 4.66. The maximum atomic E-state index is 12.0. The van der Waals surface area contributed by atoms with Gasteiger partial charge in [0.15, 0.2) is 0 Å². The predicted molar refractivity (Wildman–Crippen MR) is 75.1 cm³/mol. The molecule has 4 heteroatoms. The Morgan fingerprint density at radius 1 is 1.26 bits per heavy atom. The summed E-state index contributed by atoms with van der Waals surface area (Å²) in [7, 11) is 1.74. The zero-order valence-electron chi connectivity index (χ0n) is 11.4. The molecule has 0 saturated carbocycles. The summed E-state index contributed by atoms with van der Waals surface area (Å²) in [5, 5.41) is 2.87. The van der Waals surface area contributed by atoms with E-state index in [-0.39, 0.29) is 6.03 Å². The summed E-state index contributed by atoms with van der Waals surface area (Å²) < 4.78 is 5.22. The van der Waals surface area contributed by atoms with Crippen LogP contribution in [0, 0.1) is 13.8 Å². The standard InChI is InChI=1S/C15H18N2O2/c1-11-6-7-13(9-12(11)2)16-15(18)17(3)10-14-5-4-8-19-14/h4-9H,10H2,1-3H3,(H,16,18). The molecule has 1 aromatic heterocycles. The van der Waals surface area contributed by atoms with Crippen molar-refractivity contribution in [3.8, 4) is 0 Å². The Labute approximate surface area is 113 Å². The number of furan rings is 1. The molecule has 0 unspecified atom stereocenters. The second-order valence-electron chi connectivity index (χ2n) is 4.66. The third kappa shape index (κ3) is 3.37. The molecule has 0 bridgehead atoms. The maximum Gasteiger partial charge on any atom is 0.321 e. The number of aryl methyl sites for hydroxylation is 2. The van der Waals surface area contributed by atoms with E-state index in [0.29, 0.717) is 6.54 Å². The summed E-state index contributed by atoms with van der Waals surface area (Å²) >= 11 is 0. The molecule has 1 aromatic carbocycles. The molecule has 19 heavy (non-hydrogen) atoms. The quantitative estimate of drug-likeness (QED) is 0.914. The molecular formula is C15H18N2O2. The molecule has 0 aliphatic heterocycles. The number of nitrogens with zero attached hydrogens (tertiary/aromatic N) is 1. The zero-order chi connectivity index (χ0) is 13.8. The fourth-order valence-electron chi connectivity index (χ4n) is 1.75. The van der Waals surface area contributed by atoms with Gasteiger partial charge in [-0.1, -0.05) is 6.07 Å². The third-order valence-corrected chi connectivity index (χ3v) is 3.08. The molecule has 2 rings (SSSR count). The molecule has 1 heterocycles. The number of nitrogens with one attached hydrogen (secondary N) is 1. The minimum atomic E-state index is -0.153. The van der Waals surface area contributed by atoms with E-state index >= 15 is 0 Å². The van der Waals surface area contributed by atoms with Crippen LogP contribution in [0.2, 0.25) is 0 Å². The van der Waals surface area contributed by atoms with Crippen LogP contribution in [0.15, 0.2) is 41.0 Å². The van der Waals surface area contributed by atoms with Crippen LogP contribution in [0.25, 0.3) is 0 Å². The SMILES string of the molecule is Cc1ccc(NC(=O)N(C)Cc2ccco2)cc1C. The number of hydrogen-bond acceptors (Lipinski definition) is 2. The Balaban J connectivity index is 1.98. The third-order valence-electron chi connectivity index (χ3n) is 3.08. The van der Waals surface area contributed by atoms with Gasteiger partial charge in [0, 0.05) is 12.7 Å². The van der Waals surface area contributed by atoms with Crippen molar-refractivity contribution in [1.82, 2.24) is 4.90 Å². The number of benzene rings is 1. The highest BCUT2D eigenvalue weighted by Gasteiger charge is 2.10. The number of carbonyl (C=O) groups is 1. The number of rotatable bonds is 3. The molecule has 0 atom stereocenters. The smallest absolute Gasteiger partial charge is 0.321 e. The van der Waals surface area contributed by atoms with Crippen molar-refractivity contribution in [2.75, 3.05) is 12.4 Å². The molecule has 1 N–H and O–H groups in total. The molecule has 2 aromatic rings. The topological polar surface area (TPSA) is 45.5 Å². The lowest BCUT2D eigenvalue weighted by atomic mass is 10.1. The van der Waals surface area contributed by atoms with Crippen LogP contribution in [0.5, 0.6) is 0 Å². The van der Waals surface area contributed by atoms with Crippen LogP contribution < -0.4 is 5.32 Å². The first-order valence-electron chi connectivity index (χ1n) is 6.18. The number of anilines is 1. The van der Waals surface area contributed by atoms with E-state index in [0.717, 1.165) is 17.0 Å². The first kappa shape index (κ1) is 13.2. The fraction of sp³-hybridized carbons (Fsp3) is 0.267. The first-order valence-corrected chi connectivity index (χ1v) is 6.18. The van der Waals surface area contributed by atoms with Gasteiger partial charge in [0.2, 0.25) is 0 Å². The maximum absolute atomic E-state index is 12.0. The summed E-state index contributed by atoms with van der Waals surface area (Å²) in [6.45, 7) is 4.52. The summed E-state index contributed by atoms with van der Waals surface area (Å²) in [6.07, 6.45) is 1.60. The predicted octanol–water partition coefficient (Wildman–Crippen LogP) is 3.56. The van der Waals surface area contributed by atoms with Crippen molar-refractivity contribution in [2.24, 2.45) is 0 Å². The van der Waals surface area contributed by atoms with E-state index < -0.39 is 0 Å². The van der Waals surface area contributed by atoms with Gasteiger partial charge in [-0.2, -0.15) is 0 Å². The second kappa shape index (κ2) is 5.61. The van der Waals surface area contributed by atoms with Gasteiger partial charge in [0.25, 0.3) is 0 Å². The van der Waals surface area contributed by atoms with E-state index in [4.69, 9.17) is 4.42 Å². The van der Waals surface area contributed by atoms with Crippen molar-refractivity contribution in [2.45, 2.75) is 20.4 Å². The summed E-state index contributed by atoms with van der Waals surface area (Å²) in [5.41, 5.74) is 3.17. The highest BCUT2D eigenvalue weighted by molar-refractivity contribution is 5.89. The van der Waals surface area contributed by atoms with Crippen LogP contribution in [0.4, 0.5) is 10.5 Å². The van der Waals surface area contributed by atoms with Crippen molar-refractivity contribution in [3.05, 3.63) is 53.5 Å². The molecule has 100 valence electrons. The van der Waals surface area contributed by atoms with Crippen LogP contribution in [0.1, 0.15) is 16.9 Å². The molecule has 0 fully saturated rings. The van der Waals surface area contributed by atoms with Gasteiger partial charge >= 0.3 is 6.03 Å². The number of carbonyl (C=O) groups excluding carboxylic acids is 1. The molecule has 2 amide bonds. The van der Waals surface area contributed by atoms with Gasteiger partial charge in [-0.05, 0) is 49.2 Å². The minimum absolute atomic E-state index is 0.153. The van der Waals surface area contributed by atoms with Gasteiger partial charge in [0.1, 0.15) is 5.76 Å². The number of hydrogen-bond donors (Lipinski definition) is 1. The summed E-state index contributed by atoms with van der Waals surface area (Å²) in [5.74, 6) is 0.762. The van der Waals surface area contributed by atoms with Gasteiger partial charge in [-0.15, -0.1) is 0 Å². The normalized spacial score (nSPS) is 10.3. The van der Waals surface area contributed by atoms with Crippen LogP contribution >= 0.6 is 0 Å². The fourth-order valence-corrected chi connectivity index (χ4v) is 1.75. The van der Waals surface area contributed by atoms with Crippen molar-refractivity contribution >= 4 is 11.7 Å². The first-order chi connectivity index (χ1) is 9.06. The Kier molecular flexibility index (Phi) is 3.90. The summed E-state index contributed by atoms with van der Waals surface area (Å²) in [4.78, 5) is 13.6. The molecule has 0 radical (unpaired) electrons. The average molecular weight is 258 g/mol. The molecule has 0 spiro atoms. The highest BCUT2D eigenvalue weighted by Crippen LogP contribution is 2.15. The number of urea groups is 1. The highest BCUT2D eigenvalue weighted by atomic mass is 16.3. The lowest BCUT2D eigenvalue weighted by molar-refractivity contribution is 0.217. The van der Waals surface area contributed by atoms with E-state index in [1.807, 2.05) is 44.2 Å². The monoisotopic (exact) mass is 258 g/mol. The van der Waals surface area contributed by atoms with E-state index in [9.17, 15) is 4.79 Å². The molecular weight excluding hydrogens is 240 g/mol. The zero-order valence-corrected chi connectivity index (χ0v) is 11.4. The van der Waals surface area contributed by atoms with E-state index in [2.05, 4.69) is 5.32 Å². The van der Waals surface area contributed by atoms with Crippen LogP contribution in [-0.2, 0) is 6.54 Å². The molecule has 0 aliphatic rings. The Morgan fingerprint density at radius 3 is 2.68 bits per heavy atom. The lowest BCUT2D eigenvalue weighted by Crippen LogP contribution is -2.30. The van der Waals surface area contributed by atoms with Gasteiger partial charge in [-0.25, -0.2) is 4.79 Å². The van der Waals surface area contributed by atoms with Crippen LogP contribution in [0.3, 0.4) is 0 Å². The van der Waals surface area contributed by atoms with Gasteiger partial charge < -0.3 is 14.6 Å². The molecule has 0 aliphatic carbocycles. The largest absolute Gasteiger partial charge is 0.467 e. The molecule has 4 nitrogen and oxygen atoms in total. The van der Waals surface area contributed by atoms with Crippen molar-refractivity contribution < 1.29 is 9.21 Å². The van der Waals surface area contributed by atoms with E-state index in [1.54, 1.807) is 18.2 Å². The Bertz CT molecular complexity index is 562.